The van der Waals surface area contributed by atoms with Gasteiger partial charge in [0.2, 0.25) is 0 Å². The molecule has 0 aliphatic carbocycles. The molecule has 0 aliphatic rings. The van der Waals surface area contributed by atoms with Gasteiger partial charge in [-0.25, -0.2) is 9.78 Å². The van der Waals surface area contributed by atoms with Gasteiger partial charge in [-0.05, 0) is 24.1 Å². The van der Waals surface area contributed by atoms with E-state index in [0.717, 1.165) is 22.2 Å². The van der Waals surface area contributed by atoms with Gasteiger partial charge in [0.15, 0.2) is 11.3 Å². The van der Waals surface area contributed by atoms with E-state index >= 15 is 0 Å². The molecule has 0 unspecified atom stereocenters. The third-order valence-electron chi connectivity index (χ3n) is 3.27. The maximum atomic E-state index is 11.3. The molecule has 0 bridgehead atoms. The molecule has 20 heavy (non-hydrogen) atoms. The molecular weight excluding hydrogens is 254 g/mol. The summed E-state index contributed by atoms with van der Waals surface area (Å²) < 4.78 is 1.61. The largest absolute Gasteiger partial charge is 0.477 e. The van der Waals surface area contributed by atoms with E-state index in [0.29, 0.717) is 5.65 Å². The zero-order valence-electron chi connectivity index (χ0n) is 11.2. The van der Waals surface area contributed by atoms with E-state index in [-0.39, 0.29) is 5.69 Å². The number of nitrogens with zero attached hydrogens (tertiary/aromatic N) is 3. The van der Waals surface area contributed by atoms with E-state index in [1.165, 1.54) is 0 Å². The molecule has 0 atom stereocenters. The highest BCUT2D eigenvalue weighted by molar-refractivity contribution is 5.99. The van der Waals surface area contributed by atoms with Crippen LogP contribution in [-0.2, 0) is 7.05 Å². The summed E-state index contributed by atoms with van der Waals surface area (Å²) in [6, 6.07) is 11.3. The molecule has 3 aromatic rings. The van der Waals surface area contributed by atoms with Crippen molar-refractivity contribution >= 4 is 17.0 Å². The van der Waals surface area contributed by atoms with Crippen LogP contribution >= 0.6 is 0 Å². The fourth-order valence-electron chi connectivity index (χ4n) is 2.40. The van der Waals surface area contributed by atoms with E-state index in [1.807, 2.05) is 37.3 Å². The first-order chi connectivity index (χ1) is 9.58. The lowest BCUT2D eigenvalue weighted by molar-refractivity contribution is 0.0691. The molecule has 0 aliphatic heterocycles. The Morgan fingerprint density at radius 2 is 1.95 bits per heavy atom. The van der Waals surface area contributed by atoms with Crippen molar-refractivity contribution in [3.05, 3.63) is 47.8 Å². The first-order valence-electron chi connectivity index (χ1n) is 6.21. The van der Waals surface area contributed by atoms with Crippen molar-refractivity contribution in [3.63, 3.8) is 0 Å². The molecule has 3 rings (SSSR count). The number of carbonyl (C=O) groups is 1. The monoisotopic (exact) mass is 267 g/mol. The average molecular weight is 267 g/mol. The number of rotatable bonds is 2. The van der Waals surface area contributed by atoms with Gasteiger partial charge < -0.3 is 5.11 Å². The molecule has 2 aromatic heterocycles. The van der Waals surface area contributed by atoms with Crippen LogP contribution in [0.25, 0.3) is 22.2 Å². The predicted octanol–water partition coefficient (Wildman–Crippen LogP) is 2.64. The van der Waals surface area contributed by atoms with Crippen molar-refractivity contribution in [2.24, 2.45) is 7.05 Å². The van der Waals surface area contributed by atoms with Crippen LogP contribution in [0.3, 0.4) is 0 Å². The van der Waals surface area contributed by atoms with Crippen molar-refractivity contribution in [1.29, 1.82) is 0 Å². The molecule has 0 saturated heterocycles. The second-order valence-corrected chi connectivity index (χ2v) is 4.63. The Morgan fingerprint density at radius 3 is 2.60 bits per heavy atom. The number of aromatic carboxylic acids is 1. The number of carboxylic acids is 1. The smallest absolute Gasteiger partial charge is 0.354 e. The molecule has 0 saturated carbocycles. The average Bonchev–Trinajstić information content (AvgIpc) is 2.74. The summed E-state index contributed by atoms with van der Waals surface area (Å²) in [7, 11) is 1.77. The number of fused-ring (bicyclic) bond motifs is 1. The van der Waals surface area contributed by atoms with Crippen LogP contribution in [0.4, 0.5) is 0 Å². The lowest BCUT2D eigenvalue weighted by Gasteiger charge is -2.06. The van der Waals surface area contributed by atoms with Gasteiger partial charge in [0.1, 0.15) is 0 Å². The minimum Gasteiger partial charge on any atom is -0.477 e. The minimum atomic E-state index is -1.04. The highest BCUT2D eigenvalue weighted by atomic mass is 16.4. The van der Waals surface area contributed by atoms with Gasteiger partial charge in [-0.15, -0.1) is 0 Å². The number of aryl methyl sites for hydroxylation is 2. The predicted molar refractivity (Wildman–Crippen MR) is 75.6 cm³/mol. The summed E-state index contributed by atoms with van der Waals surface area (Å²) in [6.07, 6.45) is 0. The Bertz CT molecular complexity index is 807. The van der Waals surface area contributed by atoms with Crippen LogP contribution in [0, 0.1) is 6.92 Å². The summed E-state index contributed by atoms with van der Waals surface area (Å²) in [5.74, 6) is -1.04. The lowest BCUT2D eigenvalue weighted by Crippen LogP contribution is -2.03. The Morgan fingerprint density at radius 1 is 1.25 bits per heavy atom. The summed E-state index contributed by atoms with van der Waals surface area (Å²) >= 11 is 0. The highest BCUT2D eigenvalue weighted by Crippen LogP contribution is 2.30. The Hall–Kier alpha value is -2.69. The van der Waals surface area contributed by atoms with Gasteiger partial charge >= 0.3 is 5.97 Å². The molecular formula is C15H13N3O2. The molecule has 0 fully saturated rings. The topological polar surface area (TPSA) is 68.0 Å². The van der Waals surface area contributed by atoms with E-state index in [2.05, 4.69) is 10.1 Å². The van der Waals surface area contributed by atoms with Crippen LogP contribution in [0.5, 0.6) is 0 Å². The van der Waals surface area contributed by atoms with Crippen LogP contribution in [0.2, 0.25) is 0 Å². The summed E-state index contributed by atoms with van der Waals surface area (Å²) in [4.78, 5) is 15.4. The van der Waals surface area contributed by atoms with Gasteiger partial charge in [-0.1, -0.05) is 30.3 Å². The van der Waals surface area contributed by atoms with Crippen molar-refractivity contribution in [2.45, 2.75) is 6.92 Å². The van der Waals surface area contributed by atoms with Gasteiger partial charge in [0.25, 0.3) is 0 Å². The standard InChI is InChI=1S/C15H13N3O2/c1-9-13-11(10-6-4-3-5-7-10)8-12(15(19)20)16-14(13)18(2)17-9/h3-8H,1-2H3,(H,19,20). The first-order valence-corrected chi connectivity index (χ1v) is 6.21. The molecule has 1 N–H and O–H groups in total. The SMILES string of the molecule is Cc1nn(C)c2nc(C(=O)O)cc(-c3ccccc3)c12. The van der Waals surface area contributed by atoms with E-state index in [4.69, 9.17) is 0 Å². The van der Waals surface area contributed by atoms with Crippen LogP contribution < -0.4 is 0 Å². The third kappa shape index (κ3) is 1.84. The fraction of sp³-hybridized carbons (Fsp3) is 0.133. The number of hydrogen-bond acceptors (Lipinski definition) is 3. The van der Waals surface area contributed by atoms with Crippen molar-refractivity contribution < 1.29 is 9.90 Å². The maximum Gasteiger partial charge on any atom is 0.354 e. The maximum absolute atomic E-state index is 11.3. The van der Waals surface area contributed by atoms with Crippen LogP contribution in [-0.4, -0.2) is 25.8 Å². The quantitative estimate of drug-likeness (QED) is 0.775. The fourth-order valence-corrected chi connectivity index (χ4v) is 2.40. The summed E-state index contributed by atoms with van der Waals surface area (Å²) in [6.45, 7) is 1.90. The highest BCUT2D eigenvalue weighted by Gasteiger charge is 2.17. The van der Waals surface area contributed by atoms with Crippen molar-refractivity contribution in [3.8, 4) is 11.1 Å². The van der Waals surface area contributed by atoms with Crippen molar-refractivity contribution in [1.82, 2.24) is 14.8 Å². The molecule has 5 heteroatoms. The number of aromatic nitrogens is 3. The number of carboxylic acid groups (broad SMARTS) is 1. The molecule has 1 aromatic carbocycles. The minimum absolute atomic E-state index is 0.0272. The van der Waals surface area contributed by atoms with E-state index < -0.39 is 5.97 Å². The van der Waals surface area contributed by atoms with Crippen LogP contribution in [0.15, 0.2) is 36.4 Å². The zero-order chi connectivity index (χ0) is 14.3. The van der Waals surface area contributed by atoms with E-state index in [9.17, 15) is 9.90 Å². The normalized spacial score (nSPS) is 10.9. The van der Waals surface area contributed by atoms with Crippen molar-refractivity contribution in [2.75, 3.05) is 0 Å². The second kappa shape index (κ2) is 4.45. The Kier molecular flexibility index (Phi) is 2.75. The number of hydrogen-bond donors (Lipinski definition) is 1. The Balaban J connectivity index is 2.42. The lowest BCUT2D eigenvalue weighted by atomic mass is 10.0. The van der Waals surface area contributed by atoms with Gasteiger partial charge in [-0.3, -0.25) is 4.68 Å². The van der Waals surface area contributed by atoms with Gasteiger partial charge in [0, 0.05) is 12.4 Å². The third-order valence-corrected chi connectivity index (χ3v) is 3.27. The first kappa shape index (κ1) is 12.3. The second-order valence-electron chi connectivity index (χ2n) is 4.63. The van der Waals surface area contributed by atoms with Gasteiger partial charge in [-0.2, -0.15) is 5.10 Å². The molecule has 0 amide bonds. The molecule has 100 valence electrons. The number of benzene rings is 1. The molecule has 0 spiro atoms. The molecule has 5 nitrogen and oxygen atoms in total. The summed E-state index contributed by atoms with van der Waals surface area (Å²) in [5, 5.41) is 14.5. The molecule has 0 radical (unpaired) electrons. The number of pyridine rings is 1. The van der Waals surface area contributed by atoms with E-state index in [1.54, 1.807) is 17.8 Å². The summed E-state index contributed by atoms with van der Waals surface area (Å²) in [5.41, 5.74) is 3.25. The Labute approximate surface area is 115 Å². The van der Waals surface area contributed by atoms with Gasteiger partial charge in [0.05, 0.1) is 5.69 Å². The van der Waals surface area contributed by atoms with Crippen LogP contribution in [0.1, 0.15) is 16.2 Å². The zero-order valence-corrected chi connectivity index (χ0v) is 11.2. The molecule has 2 heterocycles.